The first-order valence-electron chi connectivity index (χ1n) is 8.17. The van der Waals surface area contributed by atoms with Crippen LogP contribution in [-0.2, 0) is 24.9 Å². The van der Waals surface area contributed by atoms with Crippen molar-refractivity contribution in [3.63, 3.8) is 0 Å². The summed E-state index contributed by atoms with van der Waals surface area (Å²) in [5.41, 5.74) is 3.69. The highest BCUT2D eigenvalue weighted by Gasteiger charge is 2.23. The number of rotatable bonds is 3. The standard InChI is InChI=1S/C19H25N3O/c1-19(2,3)18-20-11-15-13-22(10-9-16(15)21-18)12-14-7-5-6-8-17(14)23-4/h5-8,11H,9-10,12-13H2,1-4H3. The number of ether oxygens (including phenoxy) is 1. The third-order valence-corrected chi connectivity index (χ3v) is 4.27. The van der Waals surface area contributed by atoms with Gasteiger partial charge in [0.2, 0.25) is 0 Å². The molecular weight excluding hydrogens is 286 g/mol. The van der Waals surface area contributed by atoms with Gasteiger partial charge in [0.1, 0.15) is 11.6 Å². The SMILES string of the molecule is COc1ccccc1CN1CCc2nc(C(C)(C)C)ncc2C1. The fourth-order valence-electron chi connectivity index (χ4n) is 2.95. The van der Waals surface area contributed by atoms with E-state index in [1.54, 1.807) is 7.11 Å². The van der Waals surface area contributed by atoms with E-state index in [0.29, 0.717) is 0 Å². The minimum atomic E-state index is 0.00354. The summed E-state index contributed by atoms with van der Waals surface area (Å²) in [5, 5.41) is 0. The quantitative estimate of drug-likeness (QED) is 0.871. The van der Waals surface area contributed by atoms with Gasteiger partial charge in [0, 0.05) is 54.5 Å². The normalized spacial score (nSPS) is 15.3. The first kappa shape index (κ1) is 15.9. The molecule has 4 nitrogen and oxygen atoms in total. The Morgan fingerprint density at radius 3 is 2.74 bits per heavy atom. The maximum Gasteiger partial charge on any atom is 0.133 e. The molecule has 1 aromatic heterocycles. The van der Waals surface area contributed by atoms with Gasteiger partial charge in [-0.05, 0) is 6.07 Å². The zero-order chi connectivity index (χ0) is 16.4. The van der Waals surface area contributed by atoms with Gasteiger partial charge in [0.15, 0.2) is 0 Å². The Labute approximate surface area is 138 Å². The van der Waals surface area contributed by atoms with Gasteiger partial charge in [-0.2, -0.15) is 0 Å². The van der Waals surface area contributed by atoms with E-state index in [1.165, 1.54) is 16.8 Å². The minimum absolute atomic E-state index is 0.00354. The Hall–Kier alpha value is -1.94. The van der Waals surface area contributed by atoms with Crippen LogP contribution in [-0.4, -0.2) is 28.5 Å². The molecule has 0 fully saturated rings. The van der Waals surface area contributed by atoms with Gasteiger partial charge >= 0.3 is 0 Å². The molecule has 0 saturated carbocycles. The molecule has 2 heterocycles. The molecule has 1 aliphatic heterocycles. The van der Waals surface area contributed by atoms with Crippen LogP contribution in [0.15, 0.2) is 30.5 Å². The number of nitrogens with zero attached hydrogens (tertiary/aromatic N) is 3. The monoisotopic (exact) mass is 311 g/mol. The van der Waals surface area contributed by atoms with Gasteiger partial charge in [-0.1, -0.05) is 39.0 Å². The number of aromatic nitrogens is 2. The third kappa shape index (κ3) is 3.53. The fourth-order valence-corrected chi connectivity index (χ4v) is 2.95. The highest BCUT2D eigenvalue weighted by Crippen LogP contribution is 2.25. The average molecular weight is 311 g/mol. The van der Waals surface area contributed by atoms with Crippen LogP contribution in [0.2, 0.25) is 0 Å². The molecule has 0 spiro atoms. The first-order chi connectivity index (χ1) is 11.0. The third-order valence-electron chi connectivity index (χ3n) is 4.27. The van der Waals surface area contributed by atoms with Crippen LogP contribution in [0, 0.1) is 0 Å². The van der Waals surface area contributed by atoms with E-state index in [9.17, 15) is 0 Å². The lowest BCUT2D eigenvalue weighted by molar-refractivity contribution is 0.238. The summed E-state index contributed by atoms with van der Waals surface area (Å²) in [6, 6.07) is 8.23. The molecule has 122 valence electrons. The number of hydrogen-bond acceptors (Lipinski definition) is 4. The van der Waals surface area contributed by atoms with E-state index < -0.39 is 0 Å². The average Bonchev–Trinajstić information content (AvgIpc) is 2.54. The minimum Gasteiger partial charge on any atom is -0.496 e. The molecule has 23 heavy (non-hydrogen) atoms. The lowest BCUT2D eigenvalue weighted by atomic mass is 9.95. The predicted octanol–water partition coefficient (Wildman–Crippen LogP) is 3.34. The van der Waals surface area contributed by atoms with Crippen LogP contribution in [0.1, 0.15) is 43.4 Å². The second-order valence-corrected chi connectivity index (χ2v) is 7.19. The summed E-state index contributed by atoms with van der Waals surface area (Å²) in [6.07, 6.45) is 2.99. The molecule has 0 saturated heterocycles. The molecule has 0 unspecified atom stereocenters. The van der Waals surface area contributed by atoms with Crippen molar-refractivity contribution in [2.45, 2.75) is 45.7 Å². The summed E-state index contributed by atoms with van der Waals surface area (Å²) in [7, 11) is 1.73. The molecule has 2 aromatic rings. The Bertz CT molecular complexity index is 691. The molecule has 0 radical (unpaired) electrons. The van der Waals surface area contributed by atoms with Gasteiger partial charge in [-0.3, -0.25) is 4.90 Å². The molecule has 0 bridgehead atoms. The van der Waals surface area contributed by atoms with Crippen molar-refractivity contribution in [1.29, 1.82) is 0 Å². The molecule has 1 aliphatic rings. The highest BCUT2D eigenvalue weighted by atomic mass is 16.5. The van der Waals surface area contributed by atoms with Crippen LogP contribution in [0.4, 0.5) is 0 Å². The molecule has 0 atom stereocenters. The second kappa shape index (κ2) is 6.28. The van der Waals surface area contributed by atoms with Gasteiger partial charge < -0.3 is 4.74 Å². The van der Waals surface area contributed by atoms with Crippen molar-refractivity contribution in [3.05, 3.63) is 53.1 Å². The van der Waals surface area contributed by atoms with Crippen molar-refractivity contribution < 1.29 is 4.74 Å². The molecule has 0 N–H and O–H groups in total. The summed E-state index contributed by atoms with van der Waals surface area (Å²) < 4.78 is 5.46. The molecule has 4 heteroatoms. The van der Waals surface area contributed by atoms with Gasteiger partial charge in [0.25, 0.3) is 0 Å². The highest BCUT2D eigenvalue weighted by molar-refractivity contribution is 5.33. The molecule has 0 aliphatic carbocycles. The van der Waals surface area contributed by atoms with Crippen LogP contribution in [0.25, 0.3) is 0 Å². The topological polar surface area (TPSA) is 38.2 Å². The van der Waals surface area contributed by atoms with Gasteiger partial charge in [0.05, 0.1) is 7.11 Å². The van der Waals surface area contributed by atoms with E-state index >= 15 is 0 Å². The smallest absolute Gasteiger partial charge is 0.133 e. The predicted molar refractivity (Wildman–Crippen MR) is 91.5 cm³/mol. The lowest BCUT2D eigenvalue weighted by Gasteiger charge is -2.29. The van der Waals surface area contributed by atoms with Crippen molar-refractivity contribution in [1.82, 2.24) is 14.9 Å². The summed E-state index contributed by atoms with van der Waals surface area (Å²) in [4.78, 5) is 11.8. The van der Waals surface area contributed by atoms with E-state index in [0.717, 1.165) is 37.6 Å². The van der Waals surface area contributed by atoms with E-state index in [-0.39, 0.29) is 5.41 Å². The van der Waals surface area contributed by atoms with E-state index in [2.05, 4.69) is 42.8 Å². The van der Waals surface area contributed by atoms with Crippen molar-refractivity contribution in [2.75, 3.05) is 13.7 Å². The van der Waals surface area contributed by atoms with E-state index in [1.807, 2.05) is 18.3 Å². The van der Waals surface area contributed by atoms with Crippen LogP contribution in [0.3, 0.4) is 0 Å². The Kier molecular flexibility index (Phi) is 4.35. The maximum absolute atomic E-state index is 5.46. The number of fused-ring (bicyclic) bond motifs is 1. The number of para-hydroxylation sites is 1. The van der Waals surface area contributed by atoms with Crippen LogP contribution in [0.5, 0.6) is 5.75 Å². The summed E-state index contributed by atoms with van der Waals surface area (Å²) >= 11 is 0. The van der Waals surface area contributed by atoms with Crippen LogP contribution >= 0.6 is 0 Å². The fraction of sp³-hybridized carbons (Fsp3) is 0.474. The van der Waals surface area contributed by atoms with Crippen molar-refractivity contribution in [2.24, 2.45) is 0 Å². The zero-order valence-electron chi connectivity index (χ0n) is 14.5. The van der Waals surface area contributed by atoms with Gasteiger partial charge in [-0.15, -0.1) is 0 Å². The Morgan fingerprint density at radius 1 is 1.22 bits per heavy atom. The van der Waals surface area contributed by atoms with Crippen LogP contribution < -0.4 is 4.74 Å². The van der Waals surface area contributed by atoms with E-state index in [4.69, 9.17) is 9.72 Å². The Balaban J connectivity index is 1.76. The first-order valence-corrected chi connectivity index (χ1v) is 8.17. The molecule has 1 aromatic carbocycles. The van der Waals surface area contributed by atoms with Crippen molar-refractivity contribution >= 4 is 0 Å². The summed E-state index contributed by atoms with van der Waals surface area (Å²) in [6.45, 7) is 9.29. The molecule has 3 rings (SSSR count). The number of hydrogen-bond donors (Lipinski definition) is 0. The number of methoxy groups -OCH3 is 1. The zero-order valence-corrected chi connectivity index (χ0v) is 14.5. The van der Waals surface area contributed by atoms with Gasteiger partial charge in [-0.25, -0.2) is 9.97 Å². The molecule has 0 amide bonds. The number of benzene rings is 1. The summed E-state index contributed by atoms with van der Waals surface area (Å²) in [5.74, 6) is 1.90. The molecular formula is C19H25N3O. The maximum atomic E-state index is 5.46. The Morgan fingerprint density at radius 2 is 2.00 bits per heavy atom. The largest absolute Gasteiger partial charge is 0.496 e. The second-order valence-electron chi connectivity index (χ2n) is 7.19. The lowest BCUT2D eigenvalue weighted by Crippen LogP contribution is -2.32. The van der Waals surface area contributed by atoms with Crippen molar-refractivity contribution in [3.8, 4) is 5.75 Å².